The van der Waals surface area contributed by atoms with Crippen LogP contribution in [0.15, 0.2) is 12.4 Å². The largest absolute Gasteiger partial charge is 0.466 e. The lowest BCUT2D eigenvalue weighted by atomic mass is 10.1. The maximum atomic E-state index is 11.2. The van der Waals surface area contributed by atoms with Crippen molar-refractivity contribution < 1.29 is 9.53 Å². The Kier molecular flexibility index (Phi) is 4.49. The predicted octanol–water partition coefficient (Wildman–Crippen LogP) is 1.42. The number of carbonyl (C=O) groups excluding carboxylic acids is 1. The molecule has 0 saturated heterocycles. The van der Waals surface area contributed by atoms with Crippen LogP contribution in [0.25, 0.3) is 0 Å². The highest BCUT2D eigenvalue weighted by Gasteiger charge is 2.14. The first-order valence-electron chi connectivity index (χ1n) is 5.49. The van der Waals surface area contributed by atoms with Crippen molar-refractivity contribution in [3.63, 3.8) is 0 Å². The summed E-state index contributed by atoms with van der Waals surface area (Å²) < 4.78 is 6.66. The SMILES string of the molecule is CCOC(=O)CC(N)c1cnn(C(C)C)c1. The Morgan fingerprint density at radius 1 is 1.62 bits per heavy atom. The Morgan fingerprint density at radius 2 is 2.31 bits per heavy atom. The van der Waals surface area contributed by atoms with Gasteiger partial charge in [0.25, 0.3) is 0 Å². The molecule has 0 spiro atoms. The van der Waals surface area contributed by atoms with Crippen LogP contribution in [0.3, 0.4) is 0 Å². The molecule has 0 fully saturated rings. The van der Waals surface area contributed by atoms with Gasteiger partial charge in [0.1, 0.15) is 0 Å². The first-order valence-corrected chi connectivity index (χ1v) is 5.49. The number of hydrogen-bond donors (Lipinski definition) is 1. The van der Waals surface area contributed by atoms with E-state index in [9.17, 15) is 4.79 Å². The molecule has 0 aliphatic heterocycles. The van der Waals surface area contributed by atoms with Crippen LogP contribution in [-0.2, 0) is 9.53 Å². The fraction of sp³-hybridized carbons (Fsp3) is 0.636. The number of esters is 1. The van der Waals surface area contributed by atoms with Crippen LogP contribution in [0.2, 0.25) is 0 Å². The van der Waals surface area contributed by atoms with Crippen LogP contribution in [0.1, 0.15) is 44.8 Å². The molecular formula is C11H19N3O2. The van der Waals surface area contributed by atoms with E-state index >= 15 is 0 Å². The molecule has 1 aromatic heterocycles. The number of aromatic nitrogens is 2. The van der Waals surface area contributed by atoms with Gasteiger partial charge in [-0.2, -0.15) is 5.10 Å². The third-order valence-electron chi connectivity index (χ3n) is 2.27. The van der Waals surface area contributed by atoms with E-state index in [1.165, 1.54) is 0 Å². The van der Waals surface area contributed by atoms with Gasteiger partial charge in [0, 0.05) is 23.8 Å². The minimum Gasteiger partial charge on any atom is -0.466 e. The molecule has 2 N–H and O–H groups in total. The lowest BCUT2D eigenvalue weighted by Crippen LogP contribution is -2.16. The van der Waals surface area contributed by atoms with Crippen molar-refractivity contribution in [2.75, 3.05) is 6.61 Å². The van der Waals surface area contributed by atoms with Crippen molar-refractivity contribution in [1.29, 1.82) is 0 Å². The smallest absolute Gasteiger partial charge is 0.307 e. The van der Waals surface area contributed by atoms with E-state index in [1.807, 2.05) is 24.7 Å². The Labute approximate surface area is 95.6 Å². The normalized spacial score (nSPS) is 12.8. The van der Waals surface area contributed by atoms with Gasteiger partial charge >= 0.3 is 5.97 Å². The highest BCUT2D eigenvalue weighted by molar-refractivity contribution is 5.70. The predicted molar refractivity (Wildman–Crippen MR) is 60.8 cm³/mol. The molecule has 16 heavy (non-hydrogen) atoms. The standard InChI is InChI=1S/C11H19N3O2/c1-4-16-11(15)5-10(12)9-6-13-14(7-9)8(2)3/h6-8,10H,4-5,12H2,1-3H3. The number of carbonyl (C=O) groups is 1. The third-order valence-corrected chi connectivity index (χ3v) is 2.27. The minimum atomic E-state index is -0.341. The molecule has 1 unspecified atom stereocenters. The van der Waals surface area contributed by atoms with Crippen LogP contribution < -0.4 is 5.73 Å². The van der Waals surface area contributed by atoms with Crippen molar-refractivity contribution in [3.8, 4) is 0 Å². The second kappa shape index (κ2) is 5.65. The quantitative estimate of drug-likeness (QED) is 0.769. The highest BCUT2D eigenvalue weighted by Crippen LogP contribution is 2.15. The maximum Gasteiger partial charge on any atom is 0.307 e. The lowest BCUT2D eigenvalue weighted by Gasteiger charge is -2.08. The van der Waals surface area contributed by atoms with Crippen molar-refractivity contribution in [2.24, 2.45) is 5.73 Å². The first-order chi connectivity index (χ1) is 7.54. The molecule has 1 rings (SSSR count). The molecule has 0 saturated carbocycles. The summed E-state index contributed by atoms with van der Waals surface area (Å²) in [6.45, 7) is 6.23. The molecule has 1 aromatic rings. The number of hydrogen-bond acceptors (Lipinski definition) is 4. The fourth-order valence-corrected chi connectivity index (χ4v) is 1.34. The molecule has 90 valence electrons. The Hall–Kier alpha value is -1.36. The van der Waals surface area contributed by atoms with Gasteiger partial charge in [0.15, 0.2) is 0 Å². The Balaban J connectivity index is 2.58. The van der Waals surface area contributed by atoms with Crippen LogP contribution in [-0.4, -0.2) is 22.4 Å². The van der Waals surface area contributed by atoms with E-state index in [2.05, 4.69) is 5.10 Å². The monoisotopic (exact) mass is 225 g/mol. The number of nitrogens with zero attached hydrogens (tertiary/aromatic N) is 2. The molecule has 0 aromatic carbocycles. The zero-order valence-electron chi connectivity index (χ0n) is 10.0. The van der Waals surface area contributed by atoms with Gasteiger partial charge < -0.3 is 10.5 Å². The van der Waals surface area contributed by atoms with Crippen LogP contribution in [0.4, 0.5) is 0 Å². The molecule has 5 nitrogen and oxygen atoms in total. The van der Waals surface area contributed by atoms with Gasteiger partial charge in [-0.25, -0.2) is 0 Å². The highest BCUT2D eigenvalue weighted by atomic mass is 16.5. The molecular weight excluding hydrogens is 206 g/mol. The zero-order valence-corrected chi connectivity index (χ0v) is 10.0. The molecule has 1 heterocycles. The summed E-state index contributed by atoms with van der Waals surface area (Å²) in [4.78, 5) is 11.2. The summed E-state index contributed by atoms with van der Waals surface area (Å²) in [5.74, 6) is -0.271. The van der Waals surface area contributed by atoms with E-state index in [0.717, 1.165) is 5.56 Å². The van der Waals surface area contributed by atoms with E-state index < -0.39 is 0 Å². The van der Waals surface area contributed by atoms with E-state index in [4.69, 9.17) is 10.5 Å². The molecule has 0 amide bonds. The van der Waals surface area contributed by atoms with Crippen molar-refractivity contribution in [2.45, 2.75) is 39.3 Å². The van der Waals surface area contributed by atoms with E-state index in [-0.39, 0.29) is 18.4 Å². The van der Waals surface area contributed by atoms with Crippen molar-refractivity contribution in [1.82, 2.24) is 9.78 Å². The van der Waals surface area contributed by atoms with Crippen LogP contribution >= 0.6 is 0 Å². The molecule has 0 aliphatic rings. The minimum absolute atomic E-state index is 0.192. The maximum absolute atomic E-state index is 11.2. The molecule has 5 heteroatoms. The number of rotatable bonds is 5. The van der Waals surface area contributed by atoms with Crippen molar-refractivity contribution >= 4 is 5.97 Å². The lowest BCUT2D eigenvalue weighted by molar-refractivity contribution is -0.143. The van der Waals surface area contributed by atoms with Gasteiger partial charge in [-0.15, -0.1) is 0 Å². The summed E-state index contributed by atoms with van der Waals surface area (Å²) in [5, 5.41) is 4.17. The average Bonchev–Trinajstić information content (AvgIpc) is 2.66. The molecule has 0 radical (unpaired) electrons. The summed E-state index contributed by atoms with van der Waals surface area (Å²) in [7, 11) is 0. The van der Waals surface area contributed by atoms with Gasteiger partial charge in [-0.3, -0.25) is 9.48 Å². The van der Waals surface area contributed by atoms with Crippen molar-refractivity contribution in [3.05, 3.63) is 18.0 Å². The summed E-state index contributed by atoms with van der Waals surface area (Å²) in [6.07, 6.45) is 3.76. The van der Waals surface area contributed by atoms with Crippen LogP contribution in [0.5, 0.6) is 0 Å². The topological polar surface area (TPSA) is 70.1 Å². The fourth-order valence-electron chi connectivity index (χ4n) is 1.34. The number of nitrogens with two attached hydrogens (primary N) is 1. The zero-order chi connectivity index (χ0) is 12.1. The molecule has 1 atom stereocenters. The summed E-state index contributed by atoms with van der Waals surface area (Å²) in [5.41, 5.74) is 6.75. The first kappa shape index (κ1) is 12.7. The van der Waals surface area contributed by atoms with E-state index in [0.29, 0.717) is 12.6 Å². The summed E-state index contributed by atoms with van der Waals surface area (Å²) >= 11 is 0. The third kappa shape index (κ3) is 3.34. The van der Waals surface area contributed by atoms with Gasteiger partial charge in [0.05, 0.1) is 19.2 Å². The second-order valence-electron chi connectivity index (χ2n) is 3.96. The van der Waals surface area contributed by atoms with Gasteiger partial charge in [0.2, 0.25) is 0 Å². The Bertz CT molecular complexity index is 347. The van der Waals surface area contributed by atoms with E-state index in [1.54, 1.807) is 13.1 Å². The number of ether oxygens (including phenoxy) is 1. The molecule has 0 aliphatic carbocycles. The average molecular weight is 225 g/mol. The van der Waals surface area contributed by atoms with Crippen LogP contribution in [0, 0.1) is 0 Å². The summed E-state index contributed by atoms with van der Waals surface area (Å²) in [6, 6.07) is -0.0462. The Morgan fingerprint density at radius 3 is 2.81 bits per heavy atom. The second-order valence-corrected chi connectivity index (χ2v) is 3.96. The molecule has 0 bridgehead atoms. The van der Waals surface area contributed by atoms with Gasteiger partial charge in [-0.05, 0) is 20.8 Å². The van der Waals surface area contributed by atoms with Gasteiger partial charge in [-0.1, -0.05) is 0 Å².